The van der Waals surface area contributed by atoms with E-state index in [0.29, 0.717) is 25.9 Å². The number of ketones is 1. The number of likely N-dealkylation sites (tertiary alicyclic amines) is 1. The highest BCUT2D eigenvalue weighted by Gasteiger charge is 2.48. The molecule has 14 nitrogen and oxygen atoms in total. The van der Waals surface area contributed by atoms with Crippen LogP contribution in [0.4, 0.5) is 4.79 Å². The van der Waals surface area contributed by atoms with Crippen molar-refractivity contribution in [1.82, 2.24) is 30.5 Å². The lowest BCUT2D eigenvalue weighted by molar-refractivity contribution is -0.143. The summed E-state index contributed by atoms with van der Waals surface area (Å²) in [6.45, 7) is 16.5. The largest absolute Gasteiger partial charge is 0.363 e. The number of hydrogen-bond acceptors (Lipinski definition) is 8. The second kappa shape index (κ2) is 17.4. The summed E-state index contributed by atoms with van der Waals surface area (Å²) < 4.78 is 23.4. The summed E-state index contributed by atoms with van der Waals surface area (Å²) in [4.78, 5) is 67.5. The van der Waals surface area contributed by atoms with E-state index in [1.807, 2.05) is 55.4 Å². The van der Waals surface area contributed by atoms with Crippen molar-refractivity contribution in [2.45, 2.75) is 110 Å². The zero-order chi connectivity index (χ0) is 35.9. The first-order valence-corrected chi connectivity index (χ1v) is 18.4. The summed E-state index contributed by atoms with van der Waals surface area (Å²) in [5.74, 6) is -3.20. The standard InChI is InChI=1S/C31H57N7O7S2/c1-18(2)20-13-16-38(22(20)26(41)36-27(23(39)25(32)40)46-19-11-12-19)28(42)24(31(6,7)8)35-29(43)34-21(30(3,4)5)17-37(47(44)45)15-10-14-33-9/h18-22,24,27,33H,10-17H2,1-9H3,(H2,32,40)(H,36,41)(H,44,45)(H2,34,35,43)/t20-,21-,22+,24-,27?/m1/s1. The molecule has 47 heavy (non-hydrogen) atoms. The van der Waals surface area contributed by atoms with E-state index in [2.05, 4.69) is 21.3 Å². The third kappa shape index (κ3) is 12.3. The Kier molecular flexibility index (Phi) is 15.1. The highest BCUT2D eigenvalue weighted by atomic mass is 32.2. The van der Waals surface area contributed by atoms with E-state index < -0.39 is 75.1 Å². The molecule has 1 heterocycles. The maximum atomic E-state index is 14.3. The SMILES string of the molecule is CNCCCN(C[C@@H](NC(=O)N[C@H](C(=O)N1CC[C@H](C(C)C)[C@H]1C(=O)NC(SC1CC1)C(=O)C(N)=O)C(C)(C)C)C(C)(C)C)S(=O)O. The van der Waals surface area contributed by atoms with Crippen molar-refractivity contribution in [2.75, 3.05) is 33.2 Å². The van der Waals surface area contributed by atoms with Crippen LogP contribution < -0.4 is 27.0 Å². The van der Waals surface area contributed by atoms with Gasteiger partial charge in [0.25, 0.3) is 11.7 Å². The van der Waals surface area contributed by atoms with Crippen molar-refractivity contribution < 1.29 is 32.7 Å². The Balaban J connectivity index is 2.30. The third-order valence-corrected chi connectivity index (χ3v) is 10.9. The van der Waals surface area contributed by atoms with Crippen LogP contribution in [0.3, 0.4) is 0 Å². The number of nitrogens with two attached hydrogens (primary N) is 1. The van der Waals surface area contributed by atoms with Gasteiger partial charge in [-0.15, -0.1) is 11.8 Å². The van der Waals surface area contributed by atoms with Crippen molar-refractivity contribution in [3.63, 3.8) is 0 Å². The van der Waals surface area contributed by atoms with Gasteiger partial charge in [0, 0.05) is 30.9 Å². The molecule has 7 N–H and O–H groups in total. The van der Waals surface area contributed by atoms with E-state index in [1.165, 1.54) is 21.0 Å². The van der Waals surface area contributed by atoms with Crippen molar-refractivity contribution in [3.05, 3.63) is 0 Å². The van der Waals surface area contributed by atoms with Gasteiger partial charge in [-0.2, -0.15) is 4.31 Å². The molecule has 1 saturated heterocycles. The summed E-state index contributed by atoms with van der Waals surface area (Å²) in [6, 6.07) is -3.13. The number of rotatable bonds is 17. The molecule has 16 heteroatoms. The fraction of sp³-hybridized carbons (Fsp3) is 0.839. The zero-order valence-electron chi connectivity index (χ0n) is 29.4. The lowest BCUT2D eigenvalue weighted by Gasteiger charge is -2.38. The summed E-state index contributed by atoms with van der Waals surface area (Å²) in [6.07, 6.45) is 2.91. The monoisotopic (exact) mass is 703 g/mol. The van der Waals surface area contributed by atoms with Gasteiger partial charge >= 0.3 is 6.03 Å². The quantitative estimate of drug-likeness (QED) is 0.0561. The minimum absolute atomic E-state index is 0.0231. The molecule has 0 aromatic carbocycles. The predicted molar refractivity (Wildman–Crippen MR) is 184 cm³/mol. The summed E-state index contributed by atoms with van der Waals surface area (Å²) in [7, 11) is 1.80. The zero-order valence-corrected chi connectivity index (χ0v) is 31.0. The van der Waals surface area contributed by atoms with E-state index in [4.69, 9.17) is 5.73 Å². The number of urea groups is 1. The second-order valence-corrected chi connectivity index (χ2v) is 17.4. The molecule has 2 rings (SSSR count). The number of thioether (sulfide) groups is 1. The Bertz CT molecular complexity index is 1150. The van der Waals surface area contributed by atoms with Gasteiger partial charge in [-0.25, -0.2) is 9.00 Å². The predicted octanol–water partition coefficient (Wildman–Crippen LogP) is 1.43. The molecule has 1 aliphatic carbocycles. The molecule has 2 fully saturated rings. The van der Waals surface area contributed by atoms with Gasteiger partial charge < -0.3 is 31.9 Å². The molecule has 0 aromatic heterocycles. The molecule has 0 spiro atoms. The molecule has 1 saturated carbocycles. The molecule has 5 amide bonds. The fourth-order valence-corrected chi connectivity index (χ4v) is 7.33. The number of nitrogens with zero attached hydrogens (tertiary/aromatic N) is 2. The van der Waals surface area contributed by atoms with Gasteiger partial charge in [0.2, 0.25) is 23.1 Å². The average Bonchev–Trinajstić information content (AvgIpc) is 3.65. The van der Waals surface area contributed by atoms with Crippen LogP contribution in [0, 0.1) is 22.7 Å². The van der Waals surface area contributed by atoms with Crippen LogP contribution in [0.15, 0.2) is 0 Å². The van der Waals surface area contributed by atoms with Crippen molar-refractivity contribution in [1.29, 1.82) is 0 Å². The van der Waals surface area contributed by atoms with Crippen LogP contribution in [0.2, 0.25) is 0 Å². The third-order valence-electron chi connectivity index (χ3n) is 8.64. The van der Waals surface area contributed by atoms with E-state index in [9.17, 15) is 32.7 Å². The van der Waals surface area contributed by atoms with Crippen LogP contribution in [-0.4, -0.2) is 109 Å². The molecule has 6 atom stereocenters. The van der Waals surface area contributed by atoms with Gasteiger partial charge in [0.15, 0.2) is 0 Å². The fourth-order valence-electron chi connectivity index (χ4n) is 5.55. The van der Waals surface area contributed by atoms with Gasteiger partial charge in [0.1, 0.15) is 17.5 Å². The second-order valence-electron chi connectivity index (χ2n) is 15.0. The Hall–Kier alpha value is -2.27. The number of nitrogens with one attached hydrogen (secondary N) is 4. The van der Waals surface area contributed by atoms with E-state index in [-0.39, 0.29) is 30.2 Å². The minimum atomic E-state index is -2.25. The smallest absolute Gasteiger partial charge is 0.315 e. The van der Waals surface area contributed by atoms with Crippen molar-refractivity contribution >= 4 is 52.6 Å². The highest BCUT2D eigenvalue weighted by molar-refractivity contribution is 8.01. The molecule has 2 unspecified atom stereocenters. The molecule has 2 aliphatic rings. The van der Waals surface area contributed by atoms with Crippen LogP contribution in [0.5, 0.6) is 0 Å². The summed E-state index contributed by atoms with van der Waals surface area (Å²) >= 11 is -1.05. The van der Waals surface area contributed by atoms with Crippen LogP contribution in [0.1, 0.15) is 81.1 Å². The lowest BCUT2D eigenvalue weighted by Crippen LogP contribution is -2.62. The summed E-state index contributed by atoms with van der Waals surface area (Å²) in [5, 5.41) is 10.5. The molecule has 0 bridgehead atoms. The Labute approximate surface area is 286 Å². The first-order chi connectivity index (χ1) is 21.7. The van der Waals surface area contributed by atoms with E-state index >= 15 is 0 Å². The number of primary amides is 1. The molecule has 0 radical (unpaired) electrons. The Morgan fingerprint density at radius 3 is 2.09 bits per heavy atom. The number of carbonyl (C=O) groups is 5. The van der Waals surface area contributed by atoms with Crippen LogP contribution >= 0.6 is 11.8 Å². The topological polar surface area (TPSA) is 203 Å². The van der Waals surface area contributed by atoms with Crippen LogP contribution in [0.25, 0.3) is 0 Å². The van der Waals surface area contributed by atoms with Gasteiger partial charge in [0.05, 0.1) is 0 Å². The van der Waals surface area contributed by atoms with Gasteiger partial charge in [-0.05, 0) is 61.9 Å². The first-order valence-electron chi connectivity index (χ1n) is 16.4. The number of carbonyl (C=O) groups excluding carboxylic acids is 5. The average molecular weight is 704 g/mol. The Morgan fingerprint density at radius 1 is 1.00 bits per heavy atom. The van der Waals surface area contributed by atoms with E-state index in [1.54, 1.807) is 7.05 Å². The molecular formula is C31H57N7O7S2. The van der Waals surface area contributed by atoms with Crippen molar-refractivity contribution in [2.24, 2.45) is 28.4 Å². The molecule has 270 valence electrons. The van der Waals surface area contributed by atoms with E-state index in [0.717, 1.165) is 12.8 Å². The number of amides is 5. The molecular weight excluding hydrogens is 647 g/mol. The van der Waals surface area contributed by atoms with Crippen molar-refractivity contribution in [3.8, 4) is 0 Å². The minimum Gasteiger partial charge on any atom is -0.363 e. The van der Waals surface area contributed by atoms with Crippen LogP contribution in [-0.2, 0) is 30.4 Å². The number of hydrogen-bond donors (Lipinski definition) is 6. The highest BCUT2D eigenvalue weighted by Crippen LogP contribution is 2.37. The van der Waals surface area contributed by atoms with Gasteiger partial charge in [-0.3, -0.25) is 23.7 Å². The number of Topliss-reactive ketones (excluding diaryl/α,β-unsaturated/α-hetero) is 1. The first kappa shape index (κ1) is 40.9. The normalized spacial score (nSPS) is 21.2. The maximum Gasteiger partial charge on any atom is 0.315 e. The Morgan fingerprint density at radius 2 is 1.62 bits per heavy atom. The maximum absolute atomic E-state index is 14.3. The lowest BCUT2D eigenvalue weighted by atomic mass is 9.84. The molecule has 0 aromatic rings. The summed E-state index contributed by atoms with van der Waals surface area (Å²) in [5.41, 5.74) is 4.02. The van der Waals surface area contributed by atoms with Gasteiger partial charge in [-0.1, -0.05) is 55.4 Å². The molecule has 1 aliphatic heterocycles.